The second-order valence-corrected chi connectivity index (χ2v) is 6.49. The Morgan fingerprint density at radius 1 is 1.07 bits per heavy atom. The summed E-state index contributed by atoms with van der Waals surface area (Å²) in [6.45, 7) is 4.64. The molecule has 5 nitrogen and oxygen atoms in total. The molecule has 0 aliphatic heterocycles. The minimum absolute atomic E-state index is 0.172. The largest absolute Gasteiger partial charge is 0.494 e. The number of amides is 1. The quantitative estimate of drug-likeness (QED) is 0.573. The third-order valence-corrected chi connectivity index (χ3v) is 4.54. The number of benzene rings is 2. The van der Waals surface area contributed by atoms with Gasteiger partial charge in [0, 0.05) is 17.8 Å². The van der Waals surface area contributed by atoms with Gasteiger partial charge in [-0.3, -0.25) is 9.78 Å². The van der Waals surface area contributed by atoms with Crippen molar-refractivity contribution in [1.82, 2.24) is 4.98 Å². The van der Waals surface area contributed by atoms with Crippen LogP contribution in [-0.4, -0.2) is 24.0 Å². The van der Waals surface area contributed by atoms with Crippen molar-refractivity contribution in [1.29, 1.82) is 5.26 Å². The average Bonchev–Trinajstić information content (AvgIpc) is 2.75. The van der Waals surface area contributed by atoms with E-state index in [4.69, 9.17) is 10.00 Å². The summed E-state index contributed by atoms with van der Waals surface area (Å²) >= 11 is 0. The van der Waals surface area contributed by atoms with Crippen LogP contribution in [0.25, 0.3) is 11.3 Å². The highest BCUT2D eigenvalue weighted by molar-refractivity contribution is 6.07. The van der Waals surface area contributed by atoms with Crippen molar-refractivity contribution in [2.75, 3.05) is 18.1 Å². The lowest BCUT2D eigenvalue weighted by atomic mass is 10.1. The molecule has 3 rings (SSSR count). The maximum Gasteiger partial charge on any atom is 0.260 e. The number of hydrogen-bond acceptors (Lipinski definition) is 4. The molecule has 29 heavy (non-hydrogen) atoms. The Labute approximate surface area is 171 Å². The Bertz CT molecular complexity index is 1010. The SMILES string of the molecule is CCOc1ccc(N(CCC#N)C(=O)c2ccc(-c3ccccc3)nc2C)cc1. The van der Waals surface area contributed by atoms with Crippen molar-refractivity contribution in [2.24, 2.45) is 0 Å². The molecule has 1 aromatic heterocycles. The summed E-state index contributed by atoms with van der Waals surface area (Å²) in [6, 6.07) is 23.0. The van der Waals surface area contributed by atoms with Gasteiger partial charge in [-0.15, -0.1) is 0 Å². The Kier molecular flexibility index (Phi) is 6.59. The van der Waals surface area contributed by atoms with Crippen LogP contribution in [0.3, 0.4) is 0 Å². The Balaban J connectivity index is 1.90. The molecule has 0 radical (unpaired) electrons. The van der Waals surface area contributed by atoms with E-state index in [1.807, 2.05) is 74.5 Å². The molecule has 0 saturated heterocycles. The van der Waals surface area contributed by atoms with Gasteiger partial charge in [0.15, 0.2) is 0 Å². The van der Waals surface area contributed by atoms with Crippen LogP contribution < -0.4 is 9.64 Å². The number of aromatic nitrogens is 1. The van der Waals surface area contributed by atoms with Crippen LogP contribution in [0.5, 0.6) is 5.75 Å². The summed E-state index contributed by atoms with van der Waals surface area (Å²) in [6.07, 6.45) is 0.244. The predicted molar refractivity (Wildman–Crippen MR) is 114 cm³/mol. The topological polar surface area (TPSA) is 66.2 Å². The molecule has 0 aliphatic rings. The van der Waals surface area contributed by atoms with E-state index in [0.29, 0.717) is 24.4 Å². The molecule has 0 fully saturated rings. The average molecular weight is 385 g/mol. The first-order chi connectivity index (χ1) is 14.1. The van der Waals surface area contributed by atoms with Crippen LogP contribution in [0.2, 0.25) is 0 Å². The third-order valence-electron chi connectivity index (χ3n) is 4.54. The Morgan fingerprint density at radius 3 is 2.41 bits per heavy atom. The first kappa shape index (κ1) is 20.1. The maximum atomic E-state index is 13.3. The van der Waals surface area contributed by atoms with E-state index < -0.39 is 0 Å². The highest BCUT2D eigenvalue weighted by atomic mass is 16.5. The number of carbonyl (C=O) groups excluding carboxylic acids is 1. The molecule has 0 unspecified atom stereocenters. The van der Waals surface area contributed by atoms with Gasteiger partial charge >= 0.3 is 0 Å². The molecule has 0 saturated carbocycles. The van der Waals surface area contributed by atoms with Gasteiger partial charge < -0.3 is 9.64 Å². The lowest BCUT2D eigenvalue weighted by molar-refractivity contribution is 0.0986. The summed E-state index contributed by atoms with van der Waals surface area (Å²) < 4.78 is 5.48. The van der Waals surface area contributed by atoms with E-state index in [-0.39, 0.29) is 12.3 Å². The Morgan fingerprint density at radius 2 is 1.79 bits per heavy atom. The lowest BCUT2D eigenvalue weighted by Crippen LogP contribution is -2.32. The molecule has 1 heterocycles. The van der Waals surface area contributed by atoms with E-state index in [9.17, 15) is 4.79 Å². The van der Waals surface area contributed by atoms with E-state index in [0.717, 1.165) is 22.7 Å². The van der Waals surface area contributed by atoms with Gasteiger partial charge in [0.2, 0.25) is 0 Å². The molecule has 2 aromatic carbocycles. The van der Waals surface area contributed by atoms with Crippen LogP contribution in [-0.2, 0) is 0 Å². The second kappa shape index (κ2) is 9.52. The van der Waals surface area contributed by atoms with Gasteiger partial charge in [0.25, 0.3) is 5.91 Å². The van der Waals surface area contributed by atoms with Crippen molar-refractivity contribution >= 4 is 11.6 Å². The number of nitrogens with zero attached hydrogens (tertiary/aromatic N) is 3. The molecule has 0 atom stereocenters. The van der Waals surface area contributed by atoms with Gasteiger partial charge in [-0.2, -0.15) is 5.26 Å². The summed E-state index contributed by atoms with van der Waals surface area (Å²) in [5.74, 6) is 0.572. The number of nitriles is 1. The summed E-state index contributed by atoms with van der Waals surface area (Å²) in [5.41, 5.74) is 3.73. The zero-order valence-corrected chi connectivity index (χ0v) is 16.6. The van der Waals surface area contributed by atoms with Gasteiger partial charge in [-0.05, 0) is 50.2 Å². The molecule has 0 spiro atoms. The number of rotatable bonds is 7. The molecular weight excluding hydrogens is 362 g/mol. The molecule has 3 aromatic rings. The zero-order valence-electron chi connectivity index (χ0n) is 16.6. The number of pyridine rings is 1. The normalized spacial score (nSPS) is 10.2. The monoisotopic (exact) mass is 385 g/mol. The summed E-state index contributed by atoms with van der Waals surface area (Å²) in [7, 11) is 0. The van der Waals surface area contributed by atoms with Gasteiger partial charge in [0.1, 0.15) is 5.75 Å². The fourth-order valence-electron chi connectivity index (χ4n) is 3.10. The van der Waals surface area contributed by atoms with E-state index in [1.54, 1.807) is 11.0 Å². The predicted octanol–water partition coefficient (Wildman–Crippen LogP) is 5.02. The zero-order chi connectivity index (χ0) is 20.6. The van der Waals surface area contributed by atoms with Crippen molar-refractivity contribution in [2.45, 2.75) is 20.3 Å². The standard InChI is InChI=1S/C24H23N3O2/c1-3-29-21-12-10-20(11-13-21)27(17-7-16-25)24(28)22-14-15-23(26-18(22)2)19-8-5-4-6-9-19/h4-6,8-15H,3,7,17H2,1-2H3. The number of anilines is 1. The van der Waals surface area contributed by atoms with Crippen LogP contribution in [0.1, 0.15) is 29.4 Å². The van der Waals surface area contributed by atoms with Crippen molar-refractivity contribution in [3.8, 4) is 23.1 Å². The minimum atomic E-state index is -0.172. The van der Waals surface area contributed by atoms with Crippen LogP contribution in [0, 0.1) is 18.3 Å². The minimum Gasteiger partial charge on any atom is -0.494 e. The highest BCUT2D eigenvalue weighted by Crippen LogP contribution is 2.24. The Hall–Kier alpha value is -3.65. The molecule has 0 aliphatic carbocycles. The molecule has 5 heteroatoms. The van der Waals surface area contributed by atoms with E-state index in [2.05, 4.69) is 11.1 Å². The number of hydrogen-bond donors (Lipinski definition) is 0. The van der Waals surface area contributed by atoms with E-state index >= 15 is 0 Å². The van der Waals surface area contributed by atoms with Crippen molar-refractivity contribution in [3.05, 3.63) is 78.0 Å². The van der Waals surface area contributed by atoms with Gasteiger partial charge in [-0.1, -0.05) is 30.3 Å². The number of ether oxygens (including phenoxy) is 1. The first-order valence-electron chi connectivity index (χ1n) is 9.58. The fraction of sp³-hybridized carbons (Fsp3) is 0.208. The third kappa shape index (κ3) is 4.80. The summed E-state index contributed by atoms with van der Waals surface area (Å²) in [5, 5.41) is 9.03. The lowest BCUT2D eigenvalue weighted by Gasteiger charge is -2.23. The number of aryl methyl sites for hydroxylation is 1. The second-order valence-electron chi connectivity index (χ2n) is 6.49. The van der Waals surface area contributed by atoms with Gasteiger partial charge in [0.05, 0.1) is 36.0 Å². The number of carbonyl (C=O) groups is 1. The summed E-state index contributed by atoms with van der Waals surface area (Å²) in [4.78, 5) is 19.5. The van der Waals surface area contributed by atoms with Crippen LogP contribution in [0.15, 0.2) is 66.7 Å². The highest BCUT2D eigenvalue weighted by Gasteiger charge is 2.20. The van der Waals surface area contributed by atoms with E-state index in [1.165, 1.54) is 0 Å². The van der Waals surface area contributed by atoms with Crippen molar-refractivity contribution < 1.29 is 9.53 Å². The first-order valence-corrected chi connectivity index (χ1v) is 9.58. The maximum absolute atomic E-state index is 13.3. The van der Waals surface area contributed by atoms with Crippen LogP contribution >= 0.6 is 0 Å². The van der Waals surface area contributed by atoms with Gasteiger partial charge in [-0.25, -0.2) is 0 Å². The molecular formula is C24H23N3O2. The smallest absolute Gasteiger partial charge is 0.260 e. The molecule has 0 bridgehead atoms. The van der Waals surface area contributed by atoms with Crippen molar-refractivity contribution in [3.63, 3.8) is 0 Å². The fourth-order valence-corrected chi connectivity index (χ4v) is 3.10. The molecule has 146 valence electrons. The molecule has 0 N–H and O–H groups in total. The van der Waals surface area contributed by atoms with Crippen LogP contribution in [0.4, 0.5) is 5.69 Å². The molecule has 1 amide bonds.